The van der Waals surface area contributed by atoms with Crippen LogP contribution < -0.4 is 14.5 Å². The minimum Gasteiger partial charge on any atom is -0.324 e. The molecule has 1 aromatic heterocycles. The molecule has 3 rings (SSSR count). The maximum absolute atomic E-state index is 14.3. The number of nitrogens with zero attached hydrogens (tertiary/aromatic N) is 3. The number of benzene rings is 2. The van der Waals surface area contributed by atoms with Crippen molar-refractivity contribution in [3.8, 4) is 0 Å². The predicted molar refractivity (Wildman–Crippen MR) is 117 cm³/mol. The van der Waals surface area contributed by atoms with Gasteiger partial charge in [-0.05, 0) is 37.3 Å². The van der Waals surface area contributed by atoms with Gasteiger partial charge in [0.05, 0.1) is 15.9 Å². The van der Waals surface area contributed by atoms with Crippen LogP contribution in [-0.2, 0) is 21.5 Å². The third kappa shape index (κ3) is 4.23. The second-order valence-corrected chi connectivity index (χ2v) is 9.65. The predicted octanol–water partition coefficient (Wildman–Crippen LogP) is 2.47. The van der Waals surface area contributed by atoms with Crippen molar-refractivity contribution in [1.82, 2.24) is 8.87 Å². The molecular formula is C19H21FN4O4S2. The Morgan fingerprint density at radius 3 is 2.53 bits per heavy atom. The van der Waals surface area contributed by atoms with E-state index in [9.17, 15) is 22.4 Å². The van der Waals surface area contributed by atoms with Crippen molar-refractivity contribution in [3.05, 3.63) is 57.9 Å². The minimum atomic E-state index is -4.12. The molecule has 2 aromatic carbocycles. The number of hydrogen-bond acceptors (Lipinski definition) is 5. The smallest absolute Gasteiger partial charge is 0.308 e. The third-order valence-electron chi connectivity index (χ3n) is 4.42. The molecule has 0 saturated heterocycles. The van der Waals surface area contributed by atoms with Gasteiger partial charge in [-0.2, -0.15) is 12.7 Å². The Hall–Kier alpha value is -2.76. The average molecular weight is 453 g/mol. The highest BCUT2D eigenvalue weighted by Crippen LogP contribution is 2.24. The van der Waals surface area contributed by atoms with Gasteiger partial charge in [-0.25, -0.2) is 8.70 Å². The fraction of sp³-hybridized carbons (Fsp3) is 0.263. The van der Waals surface area contributed by atoms with Crippen LogP contribution in [0.4, 0.5) is 15.8 Å². The standard InChI is InChI=1S/C19H21FN4O4S2/c1-4-23-16-10-9-13(11-17(16)29-19(23)26)21-18(25)12-24(30(27,28)22(2)3)15-8-6-5-7-14(15)20/h5-11H,4,12H2,1-3H3,(H,21,25). The second-order valence-electron chi connectivity index (χ2n) is 6.59. The number of hydrogen-bond donors (Lipinski definition) is 1. The van der Waals surface area contributed by atoms with Gasteiger partial charge < -0.3 is 5.32 Å². The van der Waals surface area contributed by atoms with Crippen LogP contribution in [0.5, 0.6) is 0 Å². The molecule has 0 aliphatic carbocycles. The normalized spacial score (nSPS) is 11.8. The molecule has 0 aliphatic rings. The number of halogens is 1. The highest BCUT2D eigenvalue weighted by molar-refractivity contribution is 7.90. The summed E-state index contributed by atoms with van der Waals surface area (Å²) in [7, 11) is -1.52. The molecule has 11 heteroatoms. The van der Waals surface area contributed by atoms with Crippen molar-refractivity contribution in [2.24, 2.45) is 0 Å². The first-order valence-electron chi connectivity index (χ1n) is 9.03. The number of rotatable bonds is 7. The van der Waals surface area contributed by atoms with E-state index in [-0.39, 0.29) is 10.6 Å². The van der Waals surface area contributed by atoms with Crippen LogP contribution in [0.25, 0.3) is 10.2 Å². The van der Waals surface area contributed by atoms with Crippen LogP contribution in [0.1, 0.15) is 6.92 Å². The summed E-state index contributed by atoms with van der Waals surface area (Å²) in [6.07, 6.45) is 0. The average Bonchev–Trinajstić information content (AvgIpc) is 3.00. The lowest BCUT2D eigenvalue weighted by molar-refractivity contribution is -0.114. The van der Waals surface area contributed by atoms with Gasteiger partial charge in [-0.3, -0.25) is 14.2 Å². The van der Waals surface area contributed by atoms with E-state index < -0.39 is 28.5 Å². The van der Waals surface area contributed by atoms with E-state index in [1.54, 1.807) is 22.8 Å². The maximum Gasteiger partial charge on any atom is 0.308 e. The van der Waals surface area contributed by atoms with Gasteiger partial charge in [0.2, 0.25) is 5.91 Å². The summed E-state index contributed by atoms with van der Waals surface area (Å²) in [5.74, 6) is -1.41. The van der Waals surface area contributed by atoms with E-state index in [0.29, 0.717) is 21.2 Å². The van der Waals surface area contributed by atoms with Crippen molar-refractivity contribution in [2.75, 3.05) is 30.3 Å². The molecule has 1 amide bonds. The van der Waals surface area contributed by atoms with E-state index in [1.807, 2.05) is 6.92 Å². The highest BCUT2D eigenvalue weighted by Gasteiger charge is 2.29. The lowest BCUT2D eigenvalue weighted by Crippen LogP contribution is -2.44. The quantitative estimate of drug-likeness (QED) is 0.596. The molecule has 160 valence electrons. The topological polar surface area (TPSA) is 91.7 Å². The molecule has 0 unspecified atom stereocenters. The Bertz CT molecular complexity index is 1250. The number of fused-ring (bicyclic) bond motifs is 1. The summed E-state index contributed by atoms with van der Waals surface area (Å²) in [5, 5.41) is 2.62. The zero-order chi connectivity index (χ0) is 22.1. The molecule has 0 aliphatic heterocycles. The summed E-state index contributed by atoms with van der Waals surface area (Å²) in [6.45, 7) is 1.78. The summed E-state index contributed by atoms with van der Waals surface area (Å²) in [4.78, 5) is 24.5. The number of aromatic nitrogens is 1. The van der Waals surface area contributed by atoms with Gasteiger partial charge in [-0.15, -0.1) is 0 Å². The van der Waals surface area contributed by atoms with E-state index in [0.717, 1.165) is 27.2 Å². The molecule has 0 fully saturated rings. The van der Waals surface area contributed by atoms with Crippen LogP contribution in [0.15, 0.2) is 47.3 Å². The van der Waals surface area contributed by atoms with Gasteiger partial charge in [0.25, 0.3) is 0 Å². The third-order valence-corrected chi connectivity index (χ3v) is 7.16. The first kappa shape index (κ1) is 21.9. The first-order chi connectivity index (χ1) is 14.1. The van der Waals surface area contributed by atoms with Crippen LogP contribution in [0, 0.1) is 5.82 Å². The number of para-hydroxylation sites is 1. The molecule has 3 aromatic rings. The fourth-order valence-electron chi connectivity index (χ4n) is 2.92. The summed E-state index contributed by atoms with van der Waals surface area (Å²) < 4.78 is 43.6. The van der Waals surface area contributed by atoms with Crippen molar-refractivity contribution >= 4 is 49.0 Å². The molecule has 30 heavy (non-hydrogen) atoms. The number of aryl methyl sites for hydroxylation is 1. The largest absolute Gasteiger partial charge is 0.324 e. The molecule has 0 atom stereocenters. The molecule has 0 spiro atoms. The van der Waals surface area contributed by atoms with E-state index in [2.05, 4.69) is 5.32 Å². The van der Waals surface area contributed by atoms with E-state index in [4.69, 9.17) is 0 Å². The maximum atomic E-state index is 14.3. The first-order valence-corrected chi connectivity index (χ1v) is 11.2. The van der Waals surface area contributed by atoms with Crippen LogP contribution in [0.2, 0.25) is 0 Å². The van der Waals surface area contributed by atoms with Crippen LogP contribution in [0.3, 0.4) is 0 Å². The lowest BCUT2D eigenvalue weighted by Gasteiger charge is -2.27. The Kier molecular flexibility index (Phi) is 6.25. The van der Waals surface area contributed by atoms with Crippen molar-refractivity contribution in [1.29, 1.82) is 0 Å². The zero-order valence-corrected chi connectivity index (χ0v) is 18.3. The molecule has 1 N–H and O–H groups in total. The summed E-state index contributed by atoms with van der Waals surface area (Å²) in [5.41, 5.74) is 0.941. The number of thiazole rings is 1. The van der Waals surface area contributed by atoms with Gasteiger partial charge in [0, 0.05) is 26.3 Å². The van der Waals surface area contributed by atoms with E-state index >= 15 is 0 Å². The number of nitrogens with one attached hydrogen (secondary N) is 1. The Labute approximate surface area is 177 Å². The molecule has 0 saturated carbocycles. The Morgan fingerprint density at radius 1 is 1.20 bits per heavy atom. The minimum absolute atomic E-state index is 0.0984. The SMILES string of the molecule is CCn1c(=O)sc2cc(NC(=O)CN(c3ccccc3F)S(=O)(=O)N(C)C)ccc21. The zero-order valence-electron chi connectivity index (χ0n) is 16.6. The van der Waals surface area contributed by atoms with Gasteiger partial charge in [0.1, 0.15) is 12.4 Å². The Balaban J connectivity index is 1.89. The monoisotopic (exact) mass is 452 g/mol. The summed E-state index contributed by atoms with van der Waals surface area (Å²) in [6, 6.07) is 10.3. The van der Waals surface area contributed by atoms with Gasteiger partial charge in [0.15, 0.2) is 0 Å². The molecule has 8 nitrogen and oxygen atoms in total. The van der Waals surface area contributed by atoms with Crippen LogP contribution in [-0.4, -0.2) is 43.8 Å². The number of carbonyl (C=O) groups excluding carboxylic acids is 1. The van der Waals surface area contributed by atoms with Gasteiger partial charge >= 0.3 is 15.1 Å². The second kappa shape index (κ2) is 8.54. The number of carbonyl (C=O) groups is 1. The van der Waals surface area contributed by atoms with Crippen molar-refractivity contribution in [3.63, 3.8) is 0 Å². The number of amides is 1. The molecule has 0 bridgehead atoms. The van der Waals surface area contributed by atoms with Crippen molar-refractivity contribution in [2.45, 2.75) is 13.5 Å². The number of anilines is 2. The lowest BCUT2D eigenvalue weighted by atomic mass is 10.3. The molecular weight excluding hydrogens is 431 g/mol. The Morgan fingerprint density at radius 2 is 1.90 bits per heavy atom. The van der Waals surface area contributed by atoms with Crippen LogP contribution >= 0.6 is 11.3 Å². The highest BCUT2D eigenvalue weighted by atomic mass is 32.2. The van der Waals surface area contributed by atoms with Crippen molar-refractivity contribution < 1.29 is 17.6 Å². The fourth-order valence-corrected chi connectivity index (χ4v) is 4.98. The molecule has 0 radical (unpaired) electrons. The van der Waals surface area contributed by atoms with Gasteiger partial charge in [-0.1, -0.05) is 23.5 Å². The summed E-state index contributed by atoms with van der Waals surface area (Å²) >= 11 is 1.06. The van der Waals surface area contributed by atoms with E-state index in [1.165, 1.54) is 32.3 Å². The molecule has 1 heterocycles.